The first-order chi connectivity index (χ1) is 7.27. The number of carbonyl (C=O) groups is 1. The van der Waals surface area contributed by atoms with Crippen LogP contribution in [0.15, 0.2) is 0 Å². The number of carbonyl (C=O) groups excluding carboxylic acids is 1. The second-order valence-corrected chi connectivity index (χ2v) is 3.23. The molecular weight excluding hydrogens is 194 g/mol. The summed E-state index contributed by atoms with van der Waals surface area (Å²) in [5.74, 6) is 0. The van der Waals surface area contributed by atoms with Crippen molar-refractivity contribution in [3.63, 3.8) is 0 Å². The maximum absolute atomic E-state index is 11.2. The predicted molar refractivity (Wildman–Crippen MR) is 53.6 cm³/mol. The van der Waals surface area contributed by atoms with E-state index >= 15 is 0 Å². The number of hydrogen-bond donors (Lipinski definition) is 1. The Hall–Kier alpha value is -1.79. The van der Waals surface area contributed by atoms with Crippen molar-refractivity contribution in [3.05, 3.63) is 11.4 Å². The molecule has 1 heterocycles. The number of hydrogen-bond acceptors (Lipinski definition) is 3. The molecule has 15 heavy (non-hydrogen) atoms. The molecule has 1 fully saturated rings. The lowest BCUT2D eigenvalue weighted by molar-refractivity contribution is 0.208. The Morgan fingerprint density at radius 1 is 1.73 bits per heavy atom. The molecule has 6 heteroatoms. The van der Waals surface area contributed by atoms with Gasteiger partial charge < -0.3 is 10.2 Å². The Bertz CT molecular complexity index is 287. The smallest absolute Gasteiger partial charge is 0.317 e. The molecule has 2 amide bonds. The molecule has 0 bridgehead atoms. The number of nitrogens with zero attached hydrogens (tertiary/aromatic N) is 4. The zero-order chi connectivity index (χ0) is 11.1. The summed E-state index contributed by atoms with van der Waals surface area (Å²) in [6, 6.07) is 1.94. The lowest BCUT2D eigenvalue weighted by atomic mass is 10.4. The normalized spacial score (nSPS) is 14.9. The zero-order valence-electron chi connectivity index (χ0n) is 8.44. The summed E-state index contributed by atoms with van der Waals surface area (Å²) in [4.78, 5) is 17.8. The van der Waals surface area contributed by atoms with Crippen molar-refractivity contribution < 1.29 is 4.79 Å². The van der Waals surface area contributed by atoms with Crippen LogP contribution in [0.3, 0.4) is 0 Å². The predicted octanol–water partition coefficient (Wildman–Crippen LogP) is -0.286. The van der Waals surface area contributed by atoms with Crippen LogP contribution in [-0.2, 0) is 0 Å². The Kier molecular flexibility index (Phi) is 4.39. The molecular formula is C9H13N5O. The van der Waals surface area contributed by atoms with Gasteiger partial charge in [-0.1, -0.05) is 0 Å². The van der Waals surface area contributed by atoms with Crippen molar-refractivity contribution in [1.29, 1.82) is 5.26 Å². The van der Waals surface area contributed by atoms with Crippen LogP contribution in [0, 0.1) is 17.9 Å². The number of amides is 2. The molecule has 0 radical (unpaired) electrons. The molecule has 1 rings (SSSR count). The summed E-state index contributed by atoms with van der Waals surface area (Å²) in [6.07, 6.45) is 0. The third-order valence-electron chi connectivity index (χ3n) is 2.20. The highest BCUT2D eigenvalue weighted by molar-refractivity contribution is 5.76. The molecule has 1 aliphatic rings. The lowest BCUT2D eigenvalue weighted by Gasteiger charge is -2.18. The van der Waals surface area contributed by atoms with E-state index in [-0.39, 0.29) is 19.2 Å². The van der Waals surface area contributed by atoms with E-state index in [9.17, 15) is 4.79 Å². The quantitative estimate of drug-likeness (QED) is 0.498. The van der Waals surface area contributed by atoms with E-state index in [0.717, 1.165) is 0 Å². The topological polar surface area (TPSA) is 63.7 Å². The molecule has 0 saturated carbocycles. The van der Waals surface area contributed by atoms with E-state index in [4.69, 9.17) is 11.8 Å². The van der Waals surface area contributed by atoms with Gasteiger partial charge in [-0.15, -0.1) is 0 Å². The van der Waals surface area contributed by atoms with Gasteiger partial charge in [-0.05, 0) is 0 Å². The molecule has 1 saturated heterocycles. The van der Waals surface area contributed by atoms with Crippen molar-refractivity contribution in [2.24, 2.45) is 0 Å². The molecule has 1 N–H and O–H groups in total. The molecule has 0 aromatic heterocycles. The standard InChI is InChI=1S/C9H13N5O/c1-11-8-13(4-2-10)6-7-14-5-3-12-9(14)15/h3-8H2,(H,12,15). The first-order valence-electron chi connectivity index (χ1n) is 4.73. The number of nitrogens with one attached hydrogen (secondary N) is 1. The van der Waals surface area contributed by atoms with Gasteiger partial charge >= 0.3 is 6.03 Å². The van der Waals surface area contributed by atoms with E-state index in [1.807, 2.05) is 6.07 Å². The fourth-order valence-electron chi connectivity index (χ4n) is 1.39. The second-order valence-electron chi connectivity index (χ2n) is 3.23. The van der Waals surface area contributed by atoms with Crippen molar-refractivity contribution >= 4 is 6.03 Å². The molecule has 0 aromatic carbocycles. The van der Waals surface area contributed by atoms with Crippen LogP contribution in [0.5, 0.6) is 0 Å². The van der Waals surface area contributed by atoms with Crippen LogP contribution in [0.1, 0.15) is 0 Å². The molecule has 0 aliphatic carbocycles. The minimum atomic E-state index is -0.0604. The fraction of sp³-hybridized carbons (Fsp3) is 0.667. The summed E-state index contributed by atoms with van der Waals surface area (Å²) in [5, 5.41) is 11.2. The fourth-order valence-corrected chi connectivity index (χ4v) is 1.39. The first kappa shape index (κ1) is 11.3. The lowest BCUT2D eigenvalue weighted by Crippen LogP contribution is -2.37. The maximum atomic E-state index is 11.2. The SMILES string of the molecule is [C-]#[N+]CN(CC#N)CCN1CCNC1=O. The largest absolute Gasteiger partial charge is 0.336 e. The molecule has 1 aliphatic heterocycles. The van der Waals surface area contributed by atoms with Gasteiger partial charge in [-0.3, -0.25) is 4.85 Å². The third-order valence-corrected chi connectivity index (χ3v) is 2.20. The molecule has 0 atom stereocenters. The third kappa shape index (κ3) is 3.45. The summed E-state index contributed by atoms with van der Waals surface area (Å²) in [6.45, 7) is 9.70. The Labute approximate surface area is 88.9 Å². The second kappa shape index (κ2) is 5.84. The highest BCUT2D eigenvalue weighted by atomic mass is 16.2. The molecule has 0 spiro atoms. The van der Waals surface area contributed by atoms with Gasteiger partial charge in [0.05, 0.1) is 12.6 Å². The highest BCUT2D eigenvalue weighted by Crippen LogP contribution is 1.97. The van der Waals surface area contributed by atoms with Crippen LogP contribution in [-0.4, -0.2) is 55.2 Å². The molecule has 6 nitrogen and oxygen atoms in total. The number of rotatable bonds is 5. The van der Waals surface area contributed by atoms with E-state index in [1.165, 1.54) is 0 Å². The van der Waals surface area contributed by atoms with Crippen LogP contribution < -0.4 is 5.32 Å². The van der Waals surface area contributed by atoms with Crippen LogP contribution in [0.2, 0.25) is 0 Å². The van der Waals surface area contributed by atoms with Crippen LogP contribution in [0.25, 0.3) is 4.85 Å². The van der Waals surface area contributed by atoms with Crippen LogP contribution in [0.4, 0.5) is 4.79 Å². The van der Waals surface area contributed by atoms with Gasteiger partial charge in [0.1, 0.15) is 0 Å². The Balaban J connectivity index is 2.30. The van der Waals surface area contributed by atoms with Crippen molar-refractivity contribution in [2.45, 2.75) is 0 Å². The van der Waals surface area contributed by atoms with Gasteiger partial charge in [0.25, 0.3) is 6.67 Å². The molecule has 80 valence electrons. The average molecular weight is 207 g/mol. The molecule has 0 unspecified atom stereocenters. The van der Waals surface area contributed by atoms with E-state index in [0.29, 0.717) is 26.2 Å². The van der Waals surface area contributed by atoms with Gasteiger partial charge in [0, 0.05) is 26.2 Å². The highest BCUT2D eigenvalue weighted by Gasteiger charge is 2.19. The average Bonchev–Trinajstić information content (AvgIpc) is 2.61. The Morgan fingerprint density at radius 3 is 3.07 bits per heavy atom. The summed E-state index contributed by atoms with van der Waals surface area (Å²) in [7, 11) is 0. The maximum Gasteiger partial charge on any atom is 0.317 e. The van der Waals surface area contributed by atoms with Gasteiger partial charge in [-0.2, -0.15) is 5.26 Å². The Morgan fingerprint density at radius 2 is 2.53 bits per heavy atom. The van der Waals surface area contributed by atoms with Crippen LogP contribution >= 0.6 is 0 Å². The van der Waals surface area contributed by atoms with E-state index in [1.54, 1.807) is 9.80 Å². The molecule has 0 aromatic rings. The van der Waals surface area contributed by atoms with Crippen molar-refractivity contribution in [1.82, 2.24) is 15.1 Å². The van der Waals surface area contributed by atoms with Crippen molar-refractivity contribution in [2.75, 3.05) is 39.4 Å². The monoisotopic (exact) mass is 207 g/mol. The van der Waals surface area contributed by atoms with Gasteiger partial charge in [0.15, 0.2) is 0 Å². The first-order valence-corrected chi connectivity index (χ1v) is 4.73. The minimum absolute atomic E-state index is 0.0604. The van der Waals surface area contributed by atoms with Gasteiger partial charge in [0.2, 0.25) is 0 Å². The zero-order valence-corrected chi connectivity index (χ0v) is 8.44. The van der Waals surface area contributed by atoms with Crippen molar-refractivity contribution in [3.8, 4) is 6.07 Å². The minimum Gasteiger partial charge on any atom is -0.336 e. The van der Waals surface area contributed by atoms with E-state index in [2.05, 4.69) is 10.2 Å². The van der Waals surface area contributed by atoms with Gasteiger partial charge in [-0.25, -0.2) is 16.3 Å². The summed E-state index contributed by atoms with van der Waals surface area (Å²) in [5.41, 5.74) is 0. The summed E-state index contributed by atoms with van der Waals surface area (Å²) < 4.78 is 0. The van der Waals surface area contributed by atoms with E-state index < -0.39 is 0 Å². The summed E-state index contributed by atoms with van der Waals surface area (Å²) >= 11 is 0. The number of nitriles is 1. The number of urea groups is 1.